The molecule has 0 spiro atoms. The highest BCUT2D eigenvalue weighted by molar-refractivity contribution is 6.46. The SMILES string of the molecule is COc1ccc(/C(O)=C2/C(=O)C(=O)N(Cc3ccc(C(=O)O)cc3)C2c2ccc(N(C)C)cc2)cc1C. The van der Waals surface area contributed by atoms with E-state index in [1.165, 1.54) is 17.0 Å². The van der Waals surface area contributed by atoms with Gasteiger partial charge in [0.15, 0.2) is 0 Å². The molecule has 0 saturated carbocycles. The third-order valence-corrected chi connectivity index (χ3v) is 6.49. The van der Waals surface area contributed by atoms with E-state index in [1.54, 1.807) is 37.4 Å². The van der Waals surface area contributed by atoms with Crippen LogP contribution in [0.15, 0.2) is 72.3 Å². The summed E-state index contributed by atoms with van der Waals surface area (Å²) in [6.45, 7) is 1.88. The first-order valence-corrected chi connectivity index (χ1v) is 11.6. The van der Waals surface area contributed by atoms with Crippen LogP contribution in [0.2, 0.25) is 0 Å². The zero-order valence-electron chi connectivity index (χ0n) is 21.1. The Hall–Kier alpha value is -4.59. The topological polar surface area (TPSA) is 107 Å². The van der Waals surface area contributed by atoms with Gasteiger partial charge in [0.05, 0.1) is 24.3 Å². The number of hydrogen-bond acceptors (Lipinski definition) is 6. The lowest BCUT2D eigenvalue weighted by Gasteiger charge is -2.26. The maximum Gasteiger partial charge on any atom is 0.335 e. The molecule has 4 rings (SSSR count). The first-order valence-electron chi connectivity index (χ1n) is 11.6. The molecule has 1 saturated heterocycles. The second-order valence-electron chi connectivity index (χ2n) is 9.10. The van der Waals surface area contributed by atoms with Crippen LogP contribution < -0.4 is 9.64 Å². The molecule has 2 N–H and O–H groups in total. The summed E-state index contributed by atoms with van der Waals surface area (Å²) in [6.07, 6.45) is 0. The molecular weight excluding hydrogens is 472 g/mol. The zero-order valence-corrected chi connectivity index (χ0v) is 21.1. The number of carbonyl (C=O) groups excluding carboxylic acids is 2. The van der Waals surface area contributed by atoms with E-state index >= 15 is 0 Å². The van der Waals surface area contributed by atoms with E-state index in [0.717, 1.165) is 11.3 Å². The minimum atomic E-state index is -1.05. The molecule has 1 atom stereocenters. The second-order valence-corrected chi connectivity index (χ2v) is 9.10. The second kappa shape index (κ2) is 10.2. The Bertz CT molecular complexity index is 1390. The van der Waals surface area contributed by atoms with Crippen LogP contribution in [0.1, 0.15) is 38.7 Å². The molecule has 1 heterocycles. The number of amides is 1. The quantitative estimate of drug-likeness (QED) is 0.281. The normalized spacial score (nSPS) is 16.6. The number of hydrogen-bond donors (Lipinski definition) is 2. The number of carboxylic acid groups (broad SMARTS) is 1. The molecule has 3 aromatic carbocycles. The van der Waals surface area contributed by atoms with Gasteiger partial charge in [-0.2, -0.15) is 0 Å². The van der Waals surface area contributed by atoms with Crippen molar-refractivity contribution in [2.45, 2.75) is 19.5 Å². The van der Waals surface area contributed by atoms with Crippen molar-refractivity contribution < 1.29 is 29.3 Å². The van der Waals surface area contributed by atoms with Gasteiger partial charge in [-0.1, -0.05) is 24.3 Å². The lowest BCUT2D eigenvalue weighted by Crippen LogP contribution is -2.29. The average molecular weight is 501 g/mol. The number of aliphatic hydroxyl groups is 1. The molecule has 8 nitrogen and oxygen atoms in total. The van der Waals surface area contributed by atoms with Crippen LogP contribution in [0.3, 0.4) is 0 Å². The van der Waals surface area contributed by atoms with Gasteiger partial charge in [-0.05, 0) is 66.1 Å². The number of nitrogens with zero attached hydrogens (tertiary/aromatic N) is 2. The van der Waals surface area contributed by atoms with Gasteiger partial charge in [0.1, 0.15) is 11.5 Å². The number of carboxylic acids is 1. The van der Waals surface area contributed by atoms with E-state index in [4.69, 9.17) is 4.74 Å². The van der Waals surface area contributed by atoms with E-state index in [9.17, 15) is 24.6 Å². The number of methoxy groups -OCH3 is 1. The minimum absolute atomic E-state index is 0.00525. The highest BCUT2D eigenvalue weighted by Crippen LogP contribution is 2.41. The van der Waals surface area contributed by atoms with Crippen molar-refractivity contribution in [2.24, 2.45) is 0 Å². The summed E-state index contributed by atoms with van der Waals surface area (Å²) in [7, 11) is 5.37. The molecule has 1 aliphatic heterocycles. The Balaban J connectivity index is 1.83. The fourth-order valence-electron chi connectivity index (χ4n) is 4.48. The maximum atomic E-state index is 13.3. The molecule has 1 aliphatic rings. The van der Waals surface area contributed by atoms with E-state index < -0.39 is 23.7 Å². The van der Waals surface area contributed by atoms with Crippen molar-refractivity contribution in [2.75, 3.05) is 26.1 Å². The van der Waals surface area contributed by atoms with Crippen LogP contribution in [0, 0.1) is 6.92 Å². The van der Waals surface area contributed by atoms with Gasteiger partial charge in [-0.3, -0.25) is 9.59 Å². The van der Waals surface area contributed by atoms with Gasteiger partial charge in [0.25, 0.3) is 11.7 Å². The Morgan fingerprint density at radius 3 is 2.11 bits per heavy atom. The highest BCUT2D eigenvalue weighted by Gasteiger charge is 2.46. The Kier molecular flexibility index (Phi) is 7.02. The number of aromatic carboxylic acids is 1. The van der Waals surface area contributed by atoms with E-state index in [2.05, 4.69) is 0 Å². The van der Waals surface area contributed by atoms with E-state index in [0.29, 0.717) is 22.4 Å². The van der Waals surface area contributed by atoms with Gasteiger partial charge in [-0.15, -0.1) is 0 Å². The van der Waals surface area contributed by atoms with E-state index in [1.807, 2.05) is 50.2 Å². The summed E-state index contributed by atoms with van der Waals surface area (Å²) in [5.74, 6) is -2.21. The van der Waals surface area contributed by atoms with Crippen molar-refractivity contribution >= 4 is 29.1 Å². The summed E-state index contributed by atoms with van der Waals surface area (Å²) in [6, 6.07) is 17.8. The van der Waals surface area contributed by atoms with Crippen LogP contribution in [-0.4, -0.2) is 54.0 Å². The lowest BCUT2D eigenvalue weighted by atomic mass is 9.94. The van der Waals surface area contributed by atoms with E-state index in [-0.39, 0.29) is 23.4 Å². The average Bonchev–Trinajstić information content (AvgIpc) is 3.13. The third-order valence-electron chi connectivity index (χ3n) is 6.49. The molecule has 0 radical (unpaired) electrons. The number of ether oxygens (including phenoxy) is 1. The summed E-state index contributed by atoms with van der Waals surface area (Å²) < 4.78 is 5.30. The van der Waals surface area contributed by atoms with Crippen LogP contribution >= 0.6 is 0 Å². The highest BCUT2D eigenvalue weighted by atomic mass is 16.5. The molecule has 3 aromatic rings. The molecule has 37 heavy (non-hydrogen) atoms. The predicted octanol–water partition coefficient (Wildman–Crippen LogP) is 4.39. The van der Waals surface area contributed by atoms with Gasteiger partial charge < -0.3 is 24.7 Å². The van der Waals surface area contributed by atoms with Crippen molar-refractivity contribution in [1.29, 1.82) is 0 Å². The molecular formula is C29H28N2O6. The molecule has 1 amide bonds. The molecule has 190 valence electrons. The number of likely N-dealkylation sites (tertiary alicyclic amines) is 1. The number of benzene rings is 3. The van der Waals surface area contributed by atoms with Crippen LogP contribution in [0.5, 0.6) is 5.75 Å². The van der Waals surface area contributed by atoms with Crippen LogP contribution in [0.4, 0.5) is 5.69 Å². The van der Waals surface area contributed by atoms with Crippen LogP contribution in [-0.2, 0) is 16.1 Å². The third kappa shape index (κ3) is 4.91. The Morgan fingerprint density at radius 2 is 1.57 bits per heavy atom. The Labute approximate surface area is 215 Å². The monoisotopic (exact) mass is 500 g/mol. The number of rotatable bonds is 7. The predicted molar refractivity (Wildman–Crippen MR) is 140 cm³/mol. The summed E-state index contributed by atoms with van der Waals surface area (Å²) in [5, 5.41) is 20.5. The summed E-state index contributed by atoms with van der Waals surface area (Å²) in [4.78, 5) is 41.1. The lowest BCUT2D eigenvalue weighted by molar-refractivity contribution is -0.140. The fraction of sp³-hybridized carbons (Fsp3) is 0.207. The van der Waals surface area contributed by atoms with Crippen LogP contribution in [0.25, 0.3) is 5.76 Å². The molecule has 0 aromatic heterocycles. The number of Topliss-reactive ketones (excluding diaryl/α,β-unsaturated/α-hetero) is 1. The van der Waals surface area contributed by atoms with Gasteiger partial charge in [-0.25, -0.2) is 4.79 Å². The molecule has 8 heteroatoms. The van der Waals surface area contributed by atoms with Gasteiger partial charge in [0.2, 0.25) is 0 Å². The first-order chi connectivity index (χ1) is 17.6. The Morgan fingerprint density at radius 1 is 0.946 bits per heavy atom. The van der Waals surface area contributed by atoms with Crippen molar-refractivity contribution in [3.63, 3.8) is 0 Å². The molecule has 1 unspecified atom stereocenters. The minimum Gasteiger partial charge on any atom is -0.507 e. The number of aryl methyl sites for hydroxylation is 1. The molecule has 0 aliphatic carbocycles. The van der Waals surface area contributed by atoms with Gasteiger partial charge >= 0.3 is 5.97 Å². The fourth-order valence-corrected chi connectivity index (χ4v) is 4.48. The summed E-state index contributed by atoms with van der Waals surface area (Å²) >= 11 is 0. The van der Waals surface area contributed by atoms with Crippen molar-refractivity contribution in [3.8, 4) is 5.75 Å². The van der Waals surface area contributed by atoms with Gasteiger partial charge in [0, 0.05) is 31.9 Å². The molecule has 0 bridgehead atoms. The summed E-state index contributed by atoms with van der Waals surface area (Å²) in [5.41, 5.74) is 3.55. The largest absolute Gasteiger partial charge is 0.507 e. The standard InChI is InChI=1S/C29H28N2O6/c1-17-15-21(11-14-23(17)37-4)26(32)24-25(19-9-12-22(13-10-19)30(2)3)31(28(34)27(24)33)16-18-5-7-20(8-6-18)29(35)36/h5-15,25,32H,16H2,1-4H3,(H,35,36)/b26-24-. The molecule has 1 fully saturated rings. The number of aliphatic hydroxyl groups excluding tert-OH is 1. The van der Waals surface area contributed by atoms with Crippen molar-refractivity contribution in [3.05, 3.63) is 100 Å². The first kappa shape index (κ1) is 25.5. The number of carbonyl (C=O) groups is 3. The van der Waals surface area contributed by atoms with Crippen molar-refractivity contribution in [1.82, 2.24) is 4.90 Å². The number of ketones is 1. The number of anilines is 1. The maximum absolute atomic E-state index is 13.3. The zero-order chi connectivity index (χ0) is 26.9. The smallest absolute Gasteiger partial charge is 0.335 e.